The van der Waals surface area contributed by atoms with Gasteiger partial charge < -0.3 is 5.11 Å². The average molecular weight is 270 g/mol. The number of nitrogens with zero attached hydrogens (tertiary/aromatic N) is 1. The Hall–Kier alpha value is -2.20. The number of carboxylic acid groups (broad SMARTS) is 1. The molecule has 1 aromatic heterocycles. The minimum Gasteiger partial charge on any atom is -0.480 e. The number of benzene rings is 1. The van der Waals surface area contributed by atoms with Crippen LogP contribution in [0.4, 0.5) is 0 Å². The fourth-order valence-corrected chi connectivity index (χ4v) is 2.01. The van der Waals surface area contributed by atoms with Crippen LogP contribution in [0.5, 0.6) is 0 Å². The van der Waals surface area contributed by atoms with E-state index in [9.17, 15) is 9.90 Å². The second-order valence-electron chi connectivity index (χ2n) is 4.97. The molecule has 104 valence electrons. The number of carbonyl (C=O) groups is 1. The predicted octanol–water partition coefficient (Wildman–Crippen LogP) is 2.26. The maximum atomic E-state index is 11.6. The third-order valence-corrected chi connectivity index (χ3v) is 3.26. The molecule has 0 saturated heterocycles. The Kier molecular flexibility index (Phi) is 4.48. The van der Waals surface area contributed by atoms with Gasteiger partial charge in [-0.15, -0.1) is 0 Å². The molecule has 20 heavy (non-hydrogen) atoms. The van der Waals surface area contributed by atoms with Crippen LogP contribution in [0, 0.1) is 0 Å². The van der Waals surface area contributed by atoms with Crippen LogP contribution in [0.3, 0.4) is 0 Å². The number of carboxylic acids is 1. The SMILES string of the molecule is CC(Cc1ccccc1)(NCc1ccccn1)C(=O)O. The van der Waals surface area contributed by atoms with E-state index in [2.05, 4.69) is 10.3 Å². The van der Waals surface area contributed by atoms with Crippen LogP contribution in [0.1, 0.15) is 18.2 Å². The van der Waals surface area contributed by atoms with Gasteiger partial charge >= 0.3 is 5.97 Å². The molecule has 0 aliphatic carbocycles. The average Bonchev–Trinajstić information content (AvgIpc) is 2.47. The lowest BCUT2D eigenvalue weighted by atomic mass is 9.92. The summed E-state index contributed by atoms with van der Waals surface area (Å²) in [5.74, 6) is -0.864. The van der Waals surface area contributed by atoms with Crippen LogP contribution >= 0.6 is 0 Å². The molecule has 0 bridgehead atoms. The number of hydrogen-bond acceptors (Lipinski definition) is 3. The molecule has 0 aliphatic rings. The van der Waals surface area contributed by atoms with E-state index in [1.807, 2.05) is 48.5 Å². The number of nitrogens with one attached hydrogen (secondary N) is 1. The number of aromatic nitrogens is 1. The van der Waals surface area contributed by atoms with E-state index in [4.69, 9.17) is 0 Å². The highest BCUT2D eigenvalue weighted by Gasteiger charge is 2.32. The van der Waals surface area contributed by atoms with E-state index in [0.717, 1.165) is 11.3 Å². The summed E-state index contributed by atoms with van der Waals surface area (Å²) < 4.78 is 0. The smallest absolute Gasteiger partial charge is 0.323 e. The van der Waals surface area contributed by atoms with Crippen LogP contribution in [0.2, 0.25) is 0 Å². The molecule has 0 fully saturated rings. The fraction of sp³-hybridized carbons (Fsp3) is 0.250. The van der Waals surface area contributed by atoms with Gasteiger partial charge in [-0.3, -0.25) is 15.1 Å². The van der Waals surface area contributed by atoms with Gasteiger partial charge in [0.15, 0.2) is 0 Å². The minimum atomic E-state index is -1.02. The summed E-state index contributed by atoms with van der Waals surface area (Å²) in [4.78, 5) is 15.8. The monoisotopic (exact) mass is 270 g/mol. The quantitative estimate of drug-likeness (QED) is 0.845. The van der Waals surface area contributed by atoms with Crippen LogP contribution in [-0.2, 0) is 17.8 Å². The highest BCUT2D eigenvalue weighted by atomic mass is 16.4. The summed E-state index contributed by atoms with van der Waals surface area (Å²) in [5, 5.41) is 12.6. The van der Waals surface area contributed by atoms with Gasteiger partial charge in [0, 0.05) is 19.2 Å². The molecule has 0 radical (unpaired) electrons. The van der Waals surface area contributed by atoms with Crippen molar-refractivity contribution >= 4 is 5.97 Å². The molecule has 0 saturated carbocycles. The Labute approximate surface area is 118 Å². The van der Waals surface area contributed by atoms with Crippen LogP contribution < -0.4 is 5.32 Å². The van der Waals surface area contributed by atoms with Crippen molar-refractivity contribution in [2.24, 2.45) is 0 Å². The molecule has 1 heterocycles. The molecule has 4 nitrogen and oxygen atoms in total. The van der Waals surface area contributed by atoms with Crippen molar-refractivity contribution in [2.45, 2.75) is 25.4 Å². The number of rotatable bonds is 6. The lowest BCUT2D eigenvalue weighted by Crippen LogP contribution is -2.51. The Balaban J connectivity index is 2.08. The second-order valence-corrected chi connectivity index (χ2v) is 4.97. The van der Waals surface area contributed by atoms with Crippen molar-refractivity contribution in [1.29, 1.82) is 0 Å². The zero-order chi connectivity index (χ0) is 14.4. The van der Waals surface area contributed by atoms with Crippen molar-refractivity contribution in [1.82, 2.24) is 10.3 Å². The van der Waals surface area contributed by atoms with Crippen LogP contribution in [-0.4, -0.2) is 21.6 Å². The summed E-state index contributed by atoms with van der Waals surface area (Å²) in [6, 6.07) is 15.2. The first-order valence-corrected chi connectivity index (χ1v) is 6.52. The van der Waals surface area contributed by atoms with E-state index < -0.39 is 11.5 Å². The van der Waals surface area contributed by atoms with Gasteiger partial charge in [0.05, 0.1) is 5.69 Å². The molecular formula is C16H18N2O2. The summed E-state index contributed by atoms with van der Waals surface area (Å²) in [7, 11) is 0. The minimum absolute atomic E-state index is 0.427. The molecule has 1 aromatic carbocycles. The van der Waals surface area contributed by atoms with Crippen LogP contribution in [0.15, 0.2) is 54.7 Å². The van der Waals surface area contributed by atoms with Crippen molar-refractivity contribution in [3.8, 4) is 0 Å². The zero-order valence-electron chi connectivity index (χ0n) is 11.4. The lowest BCUT2D eigenvalue weighted by Gasteiger charge is -2.26. The lowest BCUT2D eigenvalue weighted by molar-refractivity contribution is -0.144. The van der Waals surface area contributed by atoms with E-state index in [1.54, 1.807) is 13.1 Å². The summed E-state index contributed by atoms with van der Waals surface area (Å²) in [6.45, 7) is 2.13. The molecule has 1 atom stereocenters. The molecular weight excluding hydrogens is 252 g/mol. The third-order valence-electron chi connectivity index (χ3n) is 3.26. The van der Waals surface area contributed by atoms with Crippen molar-refractivity contribution in [3.05, 3.63) is 66.0 Å². The van der Waals surface area contributed by atoms with E-state index >= 15 is 0 Å². The maximum Gasteiger partial charge on any atom is 0.323 e. The van der Waals surface area contributed by atoms with Crippen LogP contribution in [0.25, 0.3) is 0 Å². The number of aliphatic carboxylic acids is 1. The molecule has 0 amide bonds. The molecule has 0 spiro atoms. The number of pyridine rings is 1. The molecule has 1 unspecified atom stereocenters. The van der Waals surface area contributed by atoms with Gasteiger partial charge in [-0.25, -0.2) is 0 Å². The van der Waals surface area contributed by atoms with Gasteiger partial charge in [-0.05, 0) is 24.6 Å². The van der Waals surface area contributed by atoms with Crippen molar-refractivity contribution in [3.63, 3.8) is 0 Å². The molecule has 2 rings (SSSR count). The Bertz CT molecular complexity index is 557. The van der Waals surface area contributed by atoms with E-state index in [0.29, 0.717) is 13.0 Å². The van der Waals surface area contributed by atoms with Gasteiger partial charge in [0.2, 0.25) is 0 Å². The third kappa shape index (κ3) is 3.65. The van der Waals surface area contributed by atoms with Gasteiger partial charge in [0.25, 0.3) is 0 Å². The molecule has 2 N–H and O–H groups in total. The van der Waals surface area contributed by atoms with Gasteiger partial charge in [-0.2, -0.15) is 0 Å². The van der Waals surface area contributed by atoms with E-state index in [-0.39, 0.29) is 0 Å². The highest BCUT2D eigenvalue weighted by molar-refractivity contribution is 5.78. The highest BCUT2D eigenvalue weighted by Crippen LogP contribution is 2.14. The molecule has 0 aliphatic heterocycles. The zero-order valence-corrected chi connectivity index (χ0v) is 11.4. The standard InChI is InChI=1S/C16H18N2O2/c1-16(15(19)20,11-13-7-3-2-4-8-13)18-12-14-9-5-6-10-17-14/h2-10,18H,11-12H2,1H3,(H,19,20). The number of hydrogen-bond donors (Lipinski definition) is 2. The normalized spacial score (nSPS) is 13.7. The van der Waals surface area contributed by atoms with E-state index in [1.165, 1.54) is 0 Å². The topological polar surface area (TPSA) is 62.2 Å². The Morgan fingerprint density at radius 3 is 2.50 bits per heavy atom. The fourth-order valence-electron chi connectivity index (χ4n) is 2.01. The summed E-state index contributed by atoms with van der Waals surface area (Å²) in [5.41, 5.74) is 0.803. The first-order chi connectivity index (χ1) is 9.60. The molecule has 2 aromatic rings. The molecule has 4 heteroatoms. The summed E-state index contributed by atoms with van der Waals surface area (Å²) in [6.07, 6.45) is 2.13. The van der Waals surface area contributed by atoms with Gasteiger partial charge in [0.1, 0.15) is 5.54 Å². The predicted molar refractivity (Wildman–Crippen MR) is 77.3 cm³/mol. The first-order valence-electron chi connectivity index (χ1n) is 6.52. The first kappa shape index (κ1) is 14.2. The van der Waals surface area contributed by atoms with Crippen molar-refractivity contribution < 1.29 is 9.90 Å². The Morgan fingerprint density at radius 1 is 1.20 bits per heavy atom. The summed E-state index contributed by atoms with van der Waals surface area (Å²) >= 11 is 0. The van der Waals surface area contributed by atoms with Gasteiger partial charge in [-0.1, -0.05) is 36.4 Å². The van der Waals surface area contributed by atoms with Crippen molar-refractivity contribution in [2.75, 3.05) is 0 Å². The maximum absolute atomic E-state index is 11.6. The second kappa shape index (κ2) is 6.30. The Morgan fingerprint density at radius 2 is 1.90 bits per heavy atom. The largest absolute Gasteiger partial charge is 0.480 e.